The van der Waals surface area contributed by atoms with Crippen molar-refractivity contribution in [3.63, 3.8) is 0 Å². The number of aryl methyl sites for hydroxylation is 2. The largest absolute Gasteiger partial charge is 0.457 e. The number of fused-ring (bicyclic) bond motifs is 1. The van der Waals surface area contributed by atoms with Crippen LogP contribution in [0.25, 0.3) is 16.9 Å². The Balaban J connectivity index is 1.35. The lowest BCUT2D eigenvalue weighted by molar-refractivity contribution is -0.114. The maximum absolute atomic E-state index is 12.4. The normalized spacial score (nSPS) is 18.4. The topological polar surface area (TPSA) is 51.2 Å². The Labute approximate surface area is 202 Å². The SMILES string of the molecule is O=C1/C=C(/Oc2cccc(-c3ccnc(CCC4CCNCC4)c3)c2)c2ccccc2CCC1. The molecule has 2 aromatic carbocycles. The minimum Gasteiger partial charge on any atom is -0.457 e. The molecule has 2 aliphatic rings. The van der Waals surface area contributed by atoms with E-state index in [1.54, 1.807) is 6.08 Å². The molecule has 0 saturated carbocycles. The molecule has 1 aliphatic carbocycles. The zero-order valence-corrected chi connectivity index (χ0v) is 19.6. The van der Waals surface area contributed by atoms with Gasteiger partial charge >= 0.3 is 0 Å². The first-order valence-corrected chi connectivity index (χ1v) is 12.5. The highest BCUT2D eigenvalue weighted by Crippen LogP contribution is 2.30. The number of allylic oxidation sites excluding steroid dienone is 1. The predicted octanol–water partition coefficient (Wildman–Crippen LogP) is 6.01. The number of aromatic nitrogens is 1. The molecule has 3 aromatic rings. The van der Waals surface area contributed by atoms with Crippen LogP contribution in [0, 0.1) is 5.92 Å². The number of piperidine rings is 1. The van der Waals surface area contributed by atoms with Crippen molar-refractivity contribution in [1.82, 2.24) is 10.3 Å². The minimum absolute atomic E-state index is 0.119. The highest BCUT2D eigenvalue weighted by Gasteiger charge is 2.16. The molecular formula is C30H32N2O2. The second kappa shape index (κ2) is 10.8. The zero-order chi connectivity index (χ0) is 23.2. The van der Waals surface area contributed by atoms with Crippen LogP contribution in [0.5, 0.6) is 5.75 Å². The third kappa shape index (κ3) is 5.63. The monoisotopic (exact) mass is 452 g/mol. The van der Waals surface area contributed by atoms with Gasteiger partial charge in [0.2, 0.25) is 0 Å². The molecule has 4 heteroatoms. The van der Waals surface area contributed by atoms with Gasteiger partial charge in [0.25, 0.3) is 0 Å². The van der Waals surface area contributed by atoms with Crippen LogP contribution >= 0.6 is 0 Å². The van der Waals surface area contributed by atoms with E-state index < -0.39 is 0 Å². The molecule has 34 heavy (non-hydrogen) atoms. The van der Waals surface area contributed by atoms with Gasteiger partial charge < -0.3 is 10.1 Å². The fourth-order valence-electron chi connectivity index (χ4n) is 5.00. The van der Waals surface area contributed by atoms with Gasteiger partial charge in [0.05, 0.1) is 0 Å². The third-order valence-corrected chi connectivity index (χ3v) is 6.92. The van der Waals surface area contributed by atoms with Crippen molar-refractivity contribution in [2.75, 3.05) is 13.1 Å². The average molecular weight is 453 g/mol. The molecule has 2 heterocycles. The summed E-state index contributed by atoms with van der Waals surface area (Å²) in [5.41, 5.74) is 5.61. The van der Waals surface area contributed by atoms with Crippen LogP contribution in [0.4, 0.5) is 0 Å². The van der Waals surface area contributed by atoms with E-state index in [1.807, 2.05) is 36.5 Å². The van der Waals surface area contributed by atoms with Crippen LogP contribution in [0.15, 0.2) is 72.9 Å². The number of hydrogen-bond donors (Lipinski definition) is 1. The Bertz CT molecular complexity index is 1180. The lowest BCUT2D eigenvalue weighted by Gasteiger charge is -2.22. The van der Waals surface area contributed by atoms with E-state index in [-0.39, 0.29) is 5.78 Å². The molecule has 1 N–H and O–H groups in total. The fraction of sp³-hybridized carbons (Fsp3) is 0.333. The summed E-state index contributed by atoms with van der Waals surface area (Å²) < 4.78 is 6.33. The van der Waals surface area contributed by atoms with E-state index in [0.29, 0.717) is 12.2 Å². The molecule has 0 amide bonds. The number of ether oxygens (including phenoxy) is 1. The van der Waals surface area contributed by atoms with Gasteiger partial charge in [0, 0.05) is 30.0 Å². The van der Waals surface area contributed by atoms with Gasteiger partial charge in [-0.05, 0) is 98.5 Å². The van der Waals surface area contributed by atoms with Gasteiger partial charge in [-0.3, -0.25) is 9.78 Å². The van der Waals surface area contributed by atoms with Gasteiger partial charge in [0.1, 0.15) is 11.5 Å². The van der Waals surface area contributed by atoms with E-state index in [1.165, 1.54) is 24.8 Å². The summed E-state index contributed by atoms with van der Waals surface area (Å²) in [5, 5.41) is 3.44. The van der Waals surface area contributed by atoms with E-state index in [4.69, 9.17) is 4.74 Å². The number of carbonyl (C=O) groups excluding carboxylic acids is 1. The molecule has 0 unspecified atom stereocenters. The maximum atomic E-state index is 12.4. The first-order valence-electron chi connectivity index (χ1n) is 12.5. The fourth-order valence-corrected chi connectivity index (χ4v) is 5.00. The standard InChI is InChI=1S/C30H32N2O2/c33-27-8-3-6-23-5-1-2-10-29(23)30(21-27)34-28-9-4-7-24(20-28)25-15-18-32-26(19-25)12-11-22-13-16-31-17-14-22/h1-2,4-5,7,9-10,15,18-22,31H,3,6,8,11-14,16-17H2/b30-21+. The van der Waals surface area contributed by atoms with Crippen molar-refractivity contribution in [3.05, 3.63) is 89.8 Å². The number of nitrogens with zero attached hydrogens (tertiary/aromatic N) is 1. The highest BCUT2D eigenvalue weighted by atomic mass is 16.5. The number of benzene rings is 2. The van der Waals surface area contributed by atoms with Crippen molar-refractivity contribution < 1.29 is 9.53 Å². The molecule has 1 saturated heterocycles. The van der Waals surface area contributed by atoms with E-state index in [9.17, 15) is 4.79 Å². The first-order chi connectivity index (χ1) is 16.7. The Morgan fingerprint density at radius 2 is 1.79 bits per heavy atom. The molecule has 1 aliphatic heterocycles. The van der Waals surface area contributed by atoms with E-state index in [2.05, 4.69) is 40.6 Å². The quantitative estimate of drug-likeness (QED) is 0.498. The predicted molar refractivity (Wildman–Crippen MR) is 137 cm³/mol. The number of carbonyl (C=O) groups is 1. The summed E-state index contributed by atoms with van der Waals surface area (Å²) in [6.07, 6.45) is 10.6. The molecule has 5 rings (SSSR count). The van der Waals surface area contributed by atoms with Gasteiger partial charge in [-0.2, -0.15) is 0 Å². The Morgan fingerprint density at radius 3 is 2.71 bits per heavy atom. The summed E-state index contributed by atoms with van der Waals surface area (Å²) in [6, 6.07) is 20.6. The lowest BCUT2D eigenvalue weighted by atomic mass is 9.92. The van der Waals surface area contributed by atoms with Crippen LogP contribution < -0.4 is 10.1 Å². The highest BCUT2D eigenvalue weighted by molar-refractivity contribution is 5.96. The maximum Gasteiger partial charge on any atom is 0.159 e. The van der Waals surface area contributed by atoms with Crippen LogP contribution in [-0.2, 0) is 17.6 Å². The molecule has 0 atom stereocenters. The number of nitrogens with one attached hydrogen (secondary N) is 1. The Morgan fingerprint density at radius 1 is 0.941 bits per heavy atom. The van der Waals surface area contributed by atoms with Crippen molar-refractivity contribution in [2.24, 2.45) is 5.92 Å². The van der Waals surface area contributed by atoms with Crippen molar-refractivity contribution in [1.29, 1.82) is 0 Å². The molecule has 4 nitrogen and oxygen atoms in total. The number of pyridine rings is 1. The Kier molecular flexibility index (Phi) is 7.16. The van der Waals surface area contributed by atoms with Gasteiger partial charge in [-0.15, -0.1) is 0 Å². The lowest BCUT2D eigenvalue weighted by Crippen LogP contribution is -2.27. The molecule has 0 spiro atoms. The Hall–Kier alpha value is -3.24. The number of ketones is 1. The molecule has 0 bridgehead atoms. The molecular weight excluding hydrogens is 420 g/mol. The summed E-state index contributed by atoms with van der Waals surface area (Å²) in [4.78, 5) is 17.0. The van der Waals surface area contributed by atoms with E-state index in [0.717, 1.165) is 66.4 Å². The van der Waals surface area contributed by atoms with Crippen molar-refractivity contribution in [2.45, 2.75) is 44.9 Å². The van der Waals surface area contributed by atoms with Gasteiger partial charge in [-0.25, -0.2) is 0 Å². The molecule has 1 fully saturated rings. The second-order valence-electron chi connectivity index (χ2n) is 9.38. The summed E-state index contributed by atoms with van der Waals surface area (Å²) in [7, 11) is 0. The van der Waals surface area contributed by atoms with Crippen LogP contribution in [0.1, 0.15) is 48.9 Å². The summed E-state index contributed by atoms with van der Waals surface area (Å²) in [6.45, 7) is 2.27. The third-order valence-electron chi connectivity index (χ3n) is 6.92. The second-order valence-corrected chi connectivity index (χ2v) is 9.38. The van der Waals surface area contributed by atoms with Crippen LogP contribution in [0.3, 0.4) is 0 Å². The molecule has 1 aromatic heterocycles. The minimum atomic E-state index is 0.119. The number of hydrogen-bond acceptors (Lipinski definition) is 4. The molecule has 0 radical (unpaired) electrons. The van der Waals surface area contributed by atoms with Gasteiger partial charge in [-0.1, -0.05) is 36.4 Å². The zero-order valence-electron chi connectivity index (χ0n) is 19.6. The molecule has 174 valence electrons. The summed E-state index contributed by atoms with van der Waals surface area (Å²) in [5.74, 6) is 2.29. The van der Waals surface area contributed by atoms with Crippen LogP contribution in [-0.4, -0.2) is 23.9 Å². The van der Waals surface area contributed by atoms with Gasteiger partial charge in [0.15, 0.2) is 5.78 Å². The van der Waals surface area contributed by atoms with E-state index >= 15 is 0 Å². The average Bonchev–Trinajstić information content (AvgIpc) is 2.87. The smallest absolute Gasteiger partial charge is 0.159 e. The van der Waals surface area contributed by atoms with Crippen molar-refractivity contribution in [3.8, 4) is 16.9 Å². The number of rotatable bonds is 6. The summed E-state index contributed by atoms with van der Waals surface area (Å²) >= 11 is 0. The van der Waals surface area contributed by atoms with Crippen LogP contribution in [0.2, 0.25) is 0 Å². The first kappa shape index (κ1) is 22.5. The van der Waals surface area contributed by atoms with Crippen molar-refractivity contribution >= 4 is 11.5 Å².